The molecule has 0 spiro atoms. The van der Waals surface area contributed by atoms with Crippen LogP contribution in [0.15, 0.2) is 12.5 Å². The zero-order chi connectivity index (χ0) is 12.8. The van der Waals surface area contributed by atoms with E-state index in [0.29, 0.717) is 12.1 Å². The van der Waals surface area contributed by atoms with Crippen LogP contribution in [0.4, 0.5) is 5.82 Å². The molecule has 100 valence electrons. The molecule has 5 heteroatoms. The molecule has 2 aliphatic rings. The van der Waals surface area contributed by atoms with E-state index in [1.165, 1.54) is 23.9 Å². The number of fused-ring (bicyclic) bond motifs is 3. The van der Waals surface area contributed by atoms with Crippen LogP contribution >= 0.6 is 0 Å². The summed E-state index contributed by atoms with van der Waals surface area (Å²) in [4.78, 5) is 9.01. The molecule has 2 atom stereocenters. The van der Waals surface area contributed by atoms with E-state index in [2.05, 4.69) is 32.1 Å². The first-order valence-electron chi connectivity index (χ1n) is 7.14. The molecule has 2 aromatic heterocycles. The second-order valence-corrected chi connectivity index (χ2v) is 5.68. The zero-order valence-corrected chi connectivity index (χ0v) is 11.2. The number of imidazole rings is 1. The van der Waals surface area contributed by atoms with Gasteiger partial charge in [-0.05, 0) is 32.7 Å². The van der Waals surface area contributed by atoms with Crippen molar-refractivity contribution in [2.45, 2.75) is 38.3 Å². The van der Waals surface area contributed by atoms with Crippen molar-refractivity contribution in [2.75, 3.05) is 18.4 Å². The van der Waals surface area contributed by atoms with Gasteiger partial charge in [0, 0.05) is 24.2 Å². The minimum Gasteiger partial charge on any atom is -0.369 e. The first-order chi connectivity index (χ1) is 9.33. The number of piperidine rings is 1. The van der Waals surface area contributed by atoms with Gasteiger partial charge in [0.1, 0.15) is 11.3 Å². The van der Waals surface area contributed by atoms with E-state index >= 15 is 0 Å². The summed E-state index contributed by atoms with van der Waals surface area (Å²) in [5, 5.41) is 6.87. The number of anilines is 1. The molecule has 5 nitrogen and oxygen atoms in total. The van der Waals surface area contributed by atoms with Crippen LogP contribution in [0.3, 0.4) is 0 Å². The second-order valence-electron chi connectivity index (χ2n) is 5.68. The van der Waals surface area contributed by atoms with Crippen molar-refractivity contribution < 1.29 is 0 Å². The summed E-state index contributed by atoms with van der Waals surface area (Å²) in [6, 6.07) is 1.15. The lowest BCUT2D eigenvalue weighted by Crippen LogP contribution is -2.36. The highest BCUT2D eigenvalue weighted by Gasteiger charge is 2.24. The average molecular weight is 257 g/mol. The van der Waals surface area contributed by atoms with Crippen molar-refractivity contribution in [3.05, 3.63) is 18.1 Å². The van der Waals surface area contributed by atoms with Crippen molar-refractivity contribution in [1.82, 2.24) is 19.9 Å². The highest BCUT2D eigenvalue weighted by atomic mass is 15.1. The Morgan fingerprint density at radius 2 is 2.26 bits per heavy atom. The summed E-state index contributed by atoms with van der Waals surface area (Å²) in [5.41, 5.74) is 3.68. The molecule has 0 saturated carbocycles. The fraction of sp³-hybridized carbons (Fsp3) is 0.571. The molecule has 0 aliphatic carbocycles. The van der Waals surface area contributed by atoms with E-state index in [0.717, 1.165) is 30.8 Å². The van der Waals surface area contributed by atoms with Crippen molar-refractivity contribution in [3.63, 3.8) is 0 Å². The minimum absolute atomic E-state index is 0.563. The van der Waals surface area contributed by atoms with E-state index < -0.39 is 0 Å². The molecule has 1 saturated heterocycles. The Morgan fingerprint density at radius 3 is 3.16 bits per heavy atom. The summed E-state index contributed by atoms with van der Waals surface area (Å²) in [7, 11) is 0. The van der Waals surface area contributed by atoms with E-state index in [9.17, 15) is 0 Å². The summed E-state index contributed by atoms with van der Waals surface area (Å²) in [6.07, 6.45) is 7.32. The van der Waals surface area contributed by atoms with Crippen LogP contribution in [0.5, 0.6) is 0 Å². The number of hydrogen-bond acceptors (Lipinski definition) is 4. The van der Waals surface area contributed by atoms with Crippen LogP contribution in [-0.2, 0) is 6.42 Å². The Balaban J connectivity index is 1.84. The van der Waals surface area contributed by atoms with Crippen LogP contribution in [0.2, 0.25) is 0 Å². The smallest absolute Gasteiger partial charge is 0.131 e. The van der Waals surface area contributed by atoms with E-state index in [-0.39, 0.29) is 0 Å². The van der Waals surface area contributed by atoms with Crippen LogP contribution in [0.25, 0.3) is 11.0 Å². The molecular weight excluding hydrogens is 238 g/mol. The molecule has 0 radical (unpaired) electrons. The lowest BCUT2D eigenvalue weighted by Gasteiger charge is -2.29. The number of nitrogens with one attached hydrogen (secondary N) is 2. The number of pyridine rings is 1. The quantitative estimate of drug-likeness (QED) is 0.816. The molecule has 2 N–H and O–H groups in total. The maximum absolute atomic E-state index is 4.55. The summed E-state index contributed by atoms with van der Waals surface area (Å²) < 4.78 is 2.39. The van der Waals surface area contributed by atoms with Crippen LogP contribution < -0.4 is 10.6 Å². The summed E-state index contributed by atoms with van der Waals surface area (Å²) in [5.74, 6) is 1.05. The largest absolute Gasteiger partial charge is 0.369 e. The molecule has 0 bridgehead atoms. The lowest BCUT2D eigenvalue weighted by atomic mass is 10.00. The van der Waals surface area contributed by atoms with E-state index in [1.807, 2.05) is 12.5 Å². The van der Waals surface area contributed by atoms with Gasteiger partial charge < -0.3 is 15.2 Å². The Hall–Kier alpha value is -1.62. The van der Waals surface area contributed by atoms with Gasteiger partial charge in [-0.15, -0.1) is 0 Å². The Bertz CT molecular complexity index is 618. The zero-order valence-electron chi connectivity index (χ0n) is 11.2. The van der Waals surface area contributed by atoms with Gasteiger partial charge >= 0.3 is 0 Å². The van der Waals surface area contributed by atoms with Crippen molar-refractivity contribution in [1.29, 1.82) is 0 Å². The van der Waals surface area contributed by atoms with Crippen molar-refractivity contribution >= 4 is 16.9 Å². The van der Waals surface area contributed by atoms with Crippen LogP contribution in [-0.4, -0.2) is 33.7 Å². The summed E-state index contributed by atoms with van der Waals surface area (Å²) in [6.45, 7) is 4.35. The minimum atomic E-state index is 0.563. The van der Waals surface area contributed by atoms with Gasteiger partial charge in [0.25, 0.3) is 0 Å². The number of aromatic nitrogens is 3. The molecule has 0 aromatic carbocycles. The normalized spacial score (nSPS) is 26.4. The number of rotatable bonds is 1. The van der Waals surface area contributed by atoms with Gasteiger partial charge in [-0.3, -0.25) is 0 Å². The van der Waals surface area contributed by atoms with E-state index in [4.69, 9.17) is 0 Å². The molecule has 19 heavy (non-hydrogen) atoms. The lowest BCUT2D eigenvalue weighted by molar-refractivity contribution is 0.318. The predicted octanol–water partition coefficient (Wildman–Crippen LogP) is 1.71. The molecule has 2 aliphatic heterocycles. The first kappa shape index (κ1) is 11.2. The third kappa shape index (κ3) is 1.72. The molecule has 4 rings (SSSR count). The fourth-order valence-corrected chi connectivity index (χ4v) is 3.43. The maximum Gasteiger partial charge on any atom is 0.131 e. The number of nitrogens with zero attached hydrogens (tertiary/aromatic N) is 3. The first-order valence-corrected chi connectivity index (χ1v) is 7.14. The van der Waals surface area contributed by atoms with Crippen molar-refractivity contribution in [3.8, 4) is 0 Å². The van der Waals surface area contributed by atoms with Crippen LogP contribution in [0, 0.1) is 0 Å². The van der Waals surface area contributed by atoms with Gasteiger partial charge in [0.15, 0.2) is 0 Å². The van der Waals surface area contributed by atoms with E-state index in [1.54, 1.807) is 0 Å². The van der Waals surface area contributed by atoms with Gasteiger partial charge in [-0.1, -0.05) is 0 Å². The molecule has 4 heterocycles. The maximum atomic E-state index is 4.55. The Morgan fingerprint density at radius 1 is 1.32 bits per heavy atom. The third-order valence-corrected chi connectivity index (χ3v) is 4.37. The second kappa shape index (κ2) is 4.20. The Labute approximate surface area is 112 Å². The summed E-state index contributed by atoms with van der Waals surface area (Å²) >= 11 is 0. The molecule has 0 amide bonds. The van der Waals surface area contributed by atoms with Gasteiger partial charge in [-0.25, -0.2) is 9.97 Å². The van der Waals surface area contributed by atoms with Gasteiger partial charge in [0.05, 0.1) is 18.0 Å². The highest BCUT2D eigenvalue weighted by molar-refractivity contribution is 5.83. The monoisotopic (exact) mass is 257 g/mol. The molecular formula is C14H19N5. The molecule has 1 fully saturated rings. The third-order valence-electron chi connectivity index (χ3n) is 4.37. The fourth-order valence-electron chi connectivity index (χ4n) is 3.43. The number of hydrogen-bond donors (Lipinski definition) is 2. The Kier molecular flexibility index (Phi) is 2.48. The molecule has 2 unspecified atom stereocenters. The topological polar surface area (TPSA) is 54.8 Å². The standard InChI is InChI=1S/C14H19N5/c1-9-6-10(2-4-15-9)19-8-18-12-7-17-14-11(13(12)19)3-5-16-14/h7-10,15H,2-6H2,1H3,(H,16,17). The predicted molar refractivity (Wildman–Crippen MR) is 75.5 cm³/mol. The van der Waals surface area contributed by atoms with Gasteiger partial charge in [-0.2, -0.15) is 0 Å². The average Bonchev–Trinajstić information content (AvgIpc) is 3.04. The SMILES string of the molecule is CC1CC(n2cnc3cnc4c(c32)CCN4)CCN1. The van der Waals surface area contributed by atoms with Gasteiger partial charge in [0.2, 0.25) is 0 Å². The molecule has 2 aromatic rings. The highest BCUT2D eigenvalue weighted by Crippen LogP contribution is 2.32. The van der Waals surface area contributed by atoms with Crippen molar-refractivity contribution in [2.24, 2.45) is 0 Å². The van der Waals surface area contributed by atoms with Crippen LogP contribution in [0.1, 0.15) is 31.4 Å².